The van der Waals surface area contributed by atoms with Crippen molar-refractivity contribution in [1.82, 2.24) is 19.8 Å². The summed E-state index contributed by atoms with van der Waals surface area (Å²) < 4.78 is 35.8. The zero-order valence-corrected chi connectivity index (χ0v) is 26.6. The van der Waals surface area contributed by atoms with E-state index in [4.69, 9.17) is 50.3 Å². The first-order valence-corrected chi connectivity index (χ1v) is 15.1. The van der Waals surface area contributed by atoms with Gasteiger partial charge in [0.1, 0.15) is 28.6 Å². The van der Waals surface area contributed by atoms with Crippen molar-refractivity contribution in [3.8, 4) is 17.3 Å². The molecule has 3 atom stereocenters. The second kappa shape index (κ2) is 11.4. The molecule has 2 aromatic heterocycles. The van der Waals surface area contributed by atoms with Gasteiger partial charge in [0.2, 0.25) is 5.91 Å². The van der Waals surface area contributed by atoms with Crippen LogP contribution in [-0.2, 0) is 9.53 Å². The molecule has 232 valence electrons. The Labute approximate surface area is 273 Å². The molecule has 14 heteroatoms. The number of carbonyl (C=O) groups is 1. The number of rotatable bonds is 3. The van der Waals surface area contributed by atoms with Gasteiger partial charge in [0.05, 0.1) is 38.5 Å². The number of nitrogens with zero attached hydrogens (tertiary/aromatic N) is 6. The van der Waals surface area contributed by atoms with E-state index in [1.54, 1.807) is 22.1 Å². The maximum absolute atomic E-state index is 14.9. The number of amides is 1. The van der Waals surface area contributed by atoms with Crippen LogP contribution in [0.1, 0.15) is 36.8 Å². The third-order valence-corrected chi connectivity index (χ3v) is 9.36. The summed E-state index contributed by atoms with van der Waals surface area (Å²) in [7, 11) is 0. The van der Waals surface area contributed by atoms with Crippen molar-refractivity contribution in [2.45, 2.75) is 39.1 Å². The largest absolute Gasteiger partial charge is 0.397 e. The molecular formula is C31H26Cl3F2N7O2. The molecule has 3 aliphatic rings. The van der Waals surface area contributed by atoms with Gasteiger partial charge < -0.3 is 20.3 Å². The first kappa shape index (κ1) is 31.0. The Hall–Kier alpha value is -3.95. The van der Waals surface area contributed by atoms with Crippen molar-refractivity contribution in [2.75, 3.05) is 30.3 Å². The van der Waals surface area contributed by atoms with Crippen molar-refractivity contribution in [3.05, 3.63) is 80.1 Å². The number of nitrogen functional groups attached to an aromatic ring is 1. The Bertz CT molecular complexity index is 1850. The quantitative estimate of drug-likeness (QED) is 0.140. The molecule has 45 heavy (non-hydrogen) atoms. The fourth-order valence-corrected chi connectivity index (χ4v) is 6.94. The first-order chi connectivity index (χ1) is 21.4. The van der Waals surface area contributed by atoms with Gasteiger partial charge in [-0.15, -0.1) is 0 Å². The summed E-state index contributed by atoms with van der Waals surface area (Å²) in [6, 6.07) is 5.56. The van der Waals surface area contributed by atoms with E-state index in [9.17, 15) is 18.8 Å². The molecular weight excluding hydrogens is 647 g/mol. The zero-order valence-electron chi connectivity index (χ0n) is 24.3. The van der Waals surface area contributed by atoms with Crippen molar-refractivity contribution in [3.63, 3.8) is 0 Å². The van der Waals surface area contributed by atoms with Gasteiger partial charge in [-0.2, -0.15) is 5.26 Å². The lowest BCUT2D eigenvalue weighted by Gasteiger charge is -2.48. The third-order valence-electron chi connectivity index (χ3n) is 8.35. The summed E-state index contributed by atoms with van der Waals surface area (Å²) in [5.41, 5.74) is 9.03. The molecule has 0 spiro atoms. The van der Waals surface area contributed by atoms with Crippen LogP contribution in [0.25, 0.3) is 17.0 Å². The number of pyridine rings is 2. The van der Waals surface area contributed by atoms with Crippen LogP contribution in [0.4, 0.5) is 26.0 Å². The molecule has 1 saturated heterocycles. The third kappa shape index (κ3) is 4.70. The van der Waals surface area contributed by atoms with E-state index < -0.39 is 34.0 Å². The van der Waals surface area contributed by atoms with E-state index in [0.717, 1.165) is 5.56 Å². The van der Waals surface area contributed by atoms with Gasteiger partial charge >= 0.3 is 0 Å². The molecule has 5 heterocycles. The predicted octanol–water partition coefficient (Wildman–Crippen LogP) is 6.80. The van der Waals surface area contributed by atoms with Gasteiger partial charge in [0.15, 0.2) is 17.9 Å². The summed E-state index contributed by atoms with van der Waals surface area (Å²) >= 11 is 19.2. The lowest BCUT2D eigenvalue weighted by molar-refractivity contribution is -0.129. The molecule has 3 aromatic rings. The standard InChI is InChI=1S/C31H26Cl3F2N7O2/c1-5-19(44)42-9-8-41(12-14(42)3)29-16-10-18(32)27(20-21(33)23(35)24(36)22(34)25(20)38)40-30(16)43-28-13(2)6-7-39-26(28)15(4)45-31(43)17(29)11-37/h5-7,10,14-15,31H,1,8-9,12,38H2,2-4H3/t14-,15?,31?/m1/s1. The number of benzene rings is 1. The molecule has 9 nitrogen and oxygen atoms in total. The second-order valence-electron chi connectivity index (χ2n) is 11.0. The summed E-state index contributed by atoms with van der Waals surface area (Å²) in [5.74, 6) is -2.68. The van der Waals surface area contributed by atoms with Crippen LogP contribution in [0.15, 0.2) is 36.6 Å². The highest BCUT2D eigenvalue weighted by Crippen LogP contribution is 2.52. The fraction of sp³-hybridized carbons (Fsp3) is 0.290. The van der Waals surface area contributed by atoms with Gasteiger partial charge in [-0.05, 0) is 44.5 Å². The Morgan fingerprint density at radius 1 is 1.22 bits per heavy atom. The van der Waals surface area contributed by atoms with Gasteiger partial charge in [0, 0.05) is 43.0 Å². The minimum Gasteiger partial charge on any atom is -0.397 e. The minimum atomic E-state index is -1.40. The smallest absolute Gasteiger partial charge is 0.246 e. The lowest BCUT2D eigenvalue weighted by Crippen LogP contribution is -2.54. The van der Waals surface area contributed by atoms with E-state index in [1.807, 2.05) is 31.7 Å². The lowest BCUT2D eigenvalue weighted by atomic mass is 9.93. The maximum Gasteiger partial charge on any atom is 0.246 e. The van der Waals surface area contributed by atoms with Crippen molar-refractivity contribution < 1.29 is 18.3 Å². The van der Waals surface area contributed by atoms with E-state index in [-0.39, 0.29) is 33.9 Å². The number of nitrogens with two attached hydrogens (primary N) is 1. The molecule has 2 unspecified atom stereocenters. The minimum absolute atomic E-state index is 0.000567. The molecule has 2 N–H and O–H groups in total. The number of nitriles is 1. The number of aryl methyl sites for hydroxylation is 1. The number of ether oxygens (including phenoxy) is 1. The topological polar surface area (TPSA) is 112 Å². The van der Waals surface area contributed by atoms with Crippen LogP contribution < -0.4 is 10.6 Å². The van der Waals surface area contributed by atoms with E-state index in [0.29, 0.717) is 53.7 Å². The highest BCUT2D eigenvalue weighted by molar-refractivity contribution is 6.40. The van der Waals surface area contributed by atoms with Crippen molar-refractivity contribution in [1.29, 1.82) is 5.26 Å². The first-order valence-electron chi connectivity index (χ1n) is 14.0. The molecule has 1 amide bonds. The van der Waals surface area contributed by atoms with Crippen LogP contribution in [0.5, 0.6) is 0 Å². The Morgan fingerprint density at radius 3 is 2.60 bits per heavy atom. The van der Waals surface area contributed by atoms with Gasteiger partial charge in [-0.1, -0.05) is 41.4 Å². The second-order valence-corrected chi connectivity index (χ2v) is 12.2. The molecule has 0 bridgehead atoms. The number of aromatic nitrogens is 2. The highest BCUT2D eigenvalue weighted by Gasteiger charge is 2.45. The SMILES string of the molecule is C=CC(=O)N1CCN(C2=C(C#N)C3OC(C)c4nccc(C)c4N3c3nc(-c4c(N)c(Cl)c(F)c(F)c4Cl)c(Cl)cc32)C[C@H]1C. The van der Waals surface area contributed by atoms with Gasteiger partial charge in [-0.25, -0.2) is 13.8 Å². The maximum atomic E-state index is 14.9. The number of anilines is 3. The number of halogens is 5. The van der Waals surface area contributed by atoms with E-state index in [1.165, 1.54) is 6.08 Å². The summed E-state index contributed by atoms with van der Waals surface area (Å²) in [5, 5.41) is 9.36. The Balaban J connectivity index is 1.63. The molecule has 0 radical (unpaired) electrons. The predicted molar refractivity (Wildman–Crippen MR) is 169 cm³/mol. The van der Waals surface area contributed by atoms with E-state index in [2.05, 4.69) is 17.6 Å². The summed E-state index contributed by atoms with van der Waals surface area (Å²) in [6.45, 7) is 10.4. The number of hydrogen-bond donors (Lipinski definition) is 1. The van der Waals surface area contributed by atoms with Crippen LogP contribution in [-0.4, -0.2) is 57.6 Å². The molecule has 1 aromatic carbocycles. The monoisotopic (exact) mass is 671 g/mol. The molecule has 0 saturated carbocycles. The molecule has 0 aliphatic carbocycles. The fourth-order valence-electron chi connectivity index (χ4n) is 6.24. The van der Waals surface area contributed by atoms with E-state index >= 15 is 0 Å². The molecule has 3 aliphatic heterocycles. The van der Waals surface area contributed by atoms with Crippen molar-refractivity contribution in [2.24, 2.45) is 0 Å². The Kier molecular flexibility index (Phi) is 7.90. The average Bonchev–Trinajstić information content (AvgIpc) is 3.02. The summed E-state index contributed by atoms with van der Waals surface area (Å²) in [6.07, 6.45) is 1.52. The molecule has 6 rings (SSSR count). The van der Waals surface area contributed by atoms with Crippen molar-refractivity contribution >= 4 is 63.6 Å². The van der Waals surface area contributed by atoms with Gasteiger partial charge in [0.25, 0.3) is 0 Å². The zero-order chi connectivity index (χ0) is 32.5. The normalized spacial score (nSPS) is 20.8. The van der Waals surface area contributed by atoms with Crippen LogP contribution in [0.3, 0.4) is 0 Å². The average molecular weight is 673 g/mol. The van der Waals surface area contributed by atoms with Crippen LogP contribution in [0, 0.1) is 29.9 Å². The number of fused-ring (bicyclic) bond motifs is 5. The number of hydrogen-bond acceptors (Lipinski definition) is 8. The Morgan fingerprint density at radius 2 is 1.93 bits per heavy atom. The van der Waals surface area contributed by atoms with Gasteiger partial charge in [-0.3, -0.25) is 14.7 Å². The number of piperazine rings is 1. The summed E-state index contributed by atoms with van der Waals surface area (Å²) in [4.78, 5) is 27.4. The van der Waals surface area contributed by atoms with Crippen LogP contribution in [0.2, 0.25) is 15.1 Å². The van der Waals surface area contributed by atoms with Crippen LogP contribution >= 0.6 is 34.8 Å². The molecule has 1 fully saturated rings. The number of carbonyl (C=O) groups excluding carboxylic acids is 1. The highest BCUT2D eigenvalue weighted by atomic mass is 35.5.